The average molecular weight is 451 g/mol. The smallest absolute Gasteiger partial charge is 0.265 e. The second kappa shape index (κ2) is 8.52. The number of benzene rings is 2. The minimum Gasteiger partial charge on any atom is -0.351 e. The third-order valence-corrected chi connectivity index (χ3v) is 6.25. The van der Waals surface area contributed by atoms with Crippen molar-refractivity contribution in [3.8, 4) is 0 Å². The van der Waals surface area contributed by atoms with Crippen LogP contribution in [0.3, 0.4) is 0 Å². The monoisotopic (exact) mass is 450 g/mol. The summed E-state index contributed by atoms with van der Waals surface area (Å²) in [6.45, 7) is 8.05. The third-order valence-electron chi connectivity index (χ3n) is 6.25. The van der Waals surface area contributed by atoms with Crippen molar-refractivity contribution in [3.05, 3.63) is 70.6 Å². The highest BCUT2D eigenvalue weighted by Gasteiger charge is 2.28. The molecule has 1 fully saturated rings. The Bertz CT molecular complexity index is 1380. The Hall–Kier alpha value is -2.96. The van der Waals surface area contributed by atoms with E-state index in [1.807, 2.05) is 36.4 Å². The van der Waals surface area contributed by atoms with E-state index in [4.69, 9.17) is 4.98 Å². The van der Waals surface area contributed by atoms with Gasteiger partial charge in [-0.2, -0.15) is 0 Å². The van der Waals surface area contributed by atoms with Gasteiger partial charge in [-0.3, -0.25) is 14.0 Å². The maximum atomic E-state index is 13.1. The average Bonchev–Trinajstić information content (AvgIpc) is 3.12. The first-order chi connectivity index (χ1) is 14.9. The number of nitrogens with one attached hydrogen (secondary N) is 1. The van der Waals surface area contributed by atoms with Gasteiger partial charge in [-0.25, -0.2) is 4.98 Å². The van der Waals surface area contributed by atoms with Gasteiger partial charge in [0, 0.05) is 31.2 Å². The van der Waals surface area contributed by atoms with Gasteiger partial charge in [0.25, 0.3) is 11.5 Å². The fraction of sp³-hybridized carbons (Fsp3) is 0.320. The first kappa shape index (κ1) is 22.2. The zero-order valence-corrected chi connectivity index (χ0v) is 19.1. The van der Waals surface area contributed by atoms with Gasteiger partial charge in [-0.05, 0) is 42.0 Å². The summed E-state index contributed by atoms with van der Waals surface area (Å²) in [5.41, 5.74) is 1.60. The van der Waals surface area contributed by atoms with Crippen LogP contribution < -0.4 is 10.9 Å². The number of nitrogens with zero attached hydrogens (tertiary/aromatic N) is 3. The van der Waals surface area contributed by atoms with E-state index in [0.717, 1.165) is 30.4 Å². The van der Waals surface area contributed by atoms with Crippen molar-refractivity contribution in [1.29, 1.82) is 0 Å². The molecule has 166 valence electrons. The Morgan fingerprint density at radius 1 is 1.09 bits per heavy atom. The molecule has 0 bridgehead atoms. The van der Waals surface area contributed by atoms with Crippen molar-refractivity contribution in [2.45, 2.75) is 20.3 Å². The summed E-state index contributed by atoms with van der Waals surface area (Å²) in [6, 6.07) is 15.0. The molecular formula is C25H27ClN4O2. The van der Waals surface area contributed by atoms with Crippen molar-refractivity contribution in [1.82, 2.24) is 19.6 Å². The second-order valence-electron chi connectivity index (χ2n) is 9.16. The molecule has 0 radical (unpaired) electrons. The summed E-state index contributed by atoms with van der Waals surface area (Å²) >= 11 is 0. The van der Waals surface area contributed by atoms with Crippen LogP contribution in [0.4, 0.5) is 0 Å². The largest absolute Gasteiger partial charge is 0.351 e. The molecule has 2 aromatic carbocycles. The second-order valence-corrected chi connectivity index (χ2v) is 9.16. The SMILES string of the molecule is CC1(C)CCN(CCNC(=O)c2cccn3c(=O)c4ccc5ccccc5c4nc23)C1.Cl. The van der Waals surface area contributed by atoms with Gasteiger partial charge in [-0.15, -0.1) is 12.4 Å². The Morgan fingerprint density at radius 3 is 2.69 bits per heavy atom. The Balaban J connectivity index is 0.00000245. The van der Waals surface area contributed by atoms with Crippen molar-refractivity contribution < 1.29 is 4.79 Å². The van der Waals surface area contributed by atoms with Crippen LogP contribution >= 0.6 is 12.4 Å². The van der Waals surface area contributed by atoms with Crippen LogP contribution in [0.25, 0.3) is 27.3 Å². The van der Waals surface area contributed by atoms with Crippen LogP contribution in [-0.4, -0.2) is 46.4 Å². The lowest BCUT2D eigenvalue weighted by molar-refractivity contribution is 0.0950. The molecule has 1 N–H and O–H groups in total. The molecule has 0 atom stereocenters. The highest BCUT2D eigenvalue weighted by atomic mass is 35.5. The summed E-state index contributed by atoms with van der Waals surface area (Å²) < 4.78 is 1.47. The van der Waals surface area contributed by atoms with Crippen LogP contribution in [0.2, 0.25) is 0 Å². The molecule has 1 aliphatic heterocycles. The van der Waals surface area contributed by atoms with Gasteiger partial charge in [-0.1, -0.05) is 44.2 Å². The van der Waals surface area contributed by atoms with E-state index in [-0.39, 0.29) is 23.9 Å². The summed E-state index contributed by atoms with van der Waals surface area (Å²) in [7, 11) is 0. The Labute approximate surface area is 192 Å². The first-order valence-corrected chi connectivity index (χ1v) is 10.8. The normalized spacial score (nSPS) is 15.8. The quantitative estimate of drug-likeness (QED) is 0.378. The number of fused-ring (bicyclic) bond motifs is 4. The number of pyridine rings is 1. The summed E-state index contributed by atoms with van der Waals surface area (Å²) in [4.78, 5) is 33.3. The molecule has 1 saturated heterocycles. The molecule has 3 heterocycles. The number of carbonyl (C=O) groups is 1. The van der Waals surface area contributed by atoms with E-state index in [9.17, 15) is 9.59 Å². The minimum atomic E-state index is -0.206. The van der Waals surface area contributed by atoms with Crippen LogP contribution in [0, 0.1) is 5.41 Å². The number of halogens is 1. The molecule has 0 spiro atoms. The van der Waals surface area contributed by atoms with E-state index in [1.165, 1.54) is 10.8 Å². The zero-order valence-electron chi connectivity index (χ0n) is 18.3. The molecule has 5 rings (SSSR count). The predicted octanol–water partition coefficient (Wildman–Crippen LogP) is 3.88. The first-order valence-electron chi connectivity index (χ1n) is 10.8. The van der Waals surface area contributed by atoms with Crippen molar-refractivity contribution in [3.63, 3.8) is 0 Å². The number of hydrogen-bond acceptors (Lipinski definition) is 4. The van der Waals surface area contributed by atoms with Gasteiger partial charge in [0.2, 0.25) is 0 Å². The fourth-order valence-electron chi connectivity index (χ4n) is 4.58. The van der Waals surface area contributed by atoms with Gasteiger partial charge < -0.3 is 10.2 Å². The van der Waals surface area contributed by atoms with Crippen molar-refractivity contribution in [2.24, 2.45) is 5.41 Å². The lowest BCUT2D eigenvalue weighted by Gasteiger charge is -2.19. The van der Waals surface area contributed by atoms with E-state index >= 15 is 0 Å². The van der Waals surface area contributed by atoms with E-state index in [0.29, 0.717) is 34.1 Å². The van der Waals surface area contributed by atoms with Gasteiger partial charge in [0.05, 0.1) is 16.5 Å². The predicted molar refractivity (Wildman–Crippen MR) is 131 cm³/mol. The summed E-state index contributed by atoms with van der Waals surface area (Å²) in [6.07, 6.45) is 2.85. The highest BCUT2D eigenvalue weighted by molar-refractivity contribution is 6.07. The van der Waals surface area contributed by atoms with Gasteiger partial charge >= 0.3 is 0 Å². The van der Waals surface area contributed by atoms with Crippen molar-refractivity contribution in [2.75, 3.05) is 26.2 Å². The molecule has 6 nitrogen and oxygen atoms in total. The molecule has 0 aliphatic carbocycles. The lowest BCUT2D eigenvalue weighted by Crippen LogP contribution is -2.35. The third kappa shape index (κ3) is 3.96. The number of hydrogen-bond donors (Lipinski definition) is 1. The molecule has 0 saturated carbocycles. The molecule has 2 aromatic heterocycles. The Morgan fingerprint density at radius 2 is 1.91 bits per heavy atom. The summed E-state index contributed by atoms with van der Waals surface area (Å²) in [5.74, 6) is -0.206. The molecule has 7 heteroatoms. The molecular weight excluding hydrogens is 424 g/mol. The van der Waals surface area contributed by atoms with E-state index in [1.54, 1.807) is 18.3 Å². The van der Waals surface area contributed by atoms with E-state index < -0.39 is 0 Å². The Kier molecular flexibility index (Phi) is 5.93. The molecule has 1 amide bonds. The van der Waals surface area contributed by atoms with Crippen LogP contribution in [-0.2, 0) is 0 Å². The zero-order chi connectivity index (χ0) is 21.6. The highest BCUT2D eigenvalue weighted by Crippen LogP contribution is 2.28. The standard InChI is InChI=1S/C25H26N4O2.ClH/c1-25(2)11-14-28(16-25)15-12-26-23(30)20-8-5-13-29-22(20)27-21-18-7-4-3-6-17(18)9-10-19(21)24(29)31;/h3-10,13H,11-12,14-16H2,1-2H3,(H,26,30);1H. The number of aromatic nitrogens is 2. The van der Waals surface area contributed by atoms with Gasteiger partial charge in [0.1, 0.15) is 0 Å². The van der Waals surface area contributed by atoms with Crippen molar-refractivity contribution >= 4 is 45.6 Å². The van der Waals surface area contributed by atoms with Gasteiger partial charge in [0.15, 0.2) is 5.65 Å². The molecule has 0 unspecified atom stereocenters. The van der Waals surface area contributed by atoms with Crippen LogP contribution in [0.5, 0.6) is 0 Å². The topological polar surface area (TPSA) is 66.7 Å². The van der Waals surface area contributed by atoms with E-state index in [2.05, 4.69) is 24.1 Å². The summed E-state index contributed by atoms with van der Waals surface area (Å²) in [5, 5.41) is 5.48. The fourth-order valence-corrected chi connectivity index (χ4v) is 4.58. The maximum Gasteiger partial charge on any atom is 0.265 e. The number of amides is 1. The molecule has 32 heavy (non-hydrogen) atoms. The molecule has 1 aliphatic rings. The molecule has 4 aromatic rings. The van der Waals surface area contributed by atoms with Crippen LogP contribution in [0.15, 0.2) is 59.5 Å². The lowest BCUT2D eigenvalue weighted by atomic mass is 9.93. The number of carbonyl (C=O) groups excluding carboxylic acids is 1. The maximum absolute atomic E-state index is 13.1. The number of rotatable bonds is 4. The number of likely N-dealkylation sites (tertiary alicyclic amines) is 1. The minimum absolute atomic E-state index is 0. The van der Waals surface area contributed by atoms with Crippen LogP contribution in [0.1, 0.15) is 30.6 Å².